The molecule has 0 saturated heterocycles. The first-order chi connectivity index (χ1) is 29.5. The number of hydrogen-bond donors (Lipinski definition) is 0. The van der Waals surface area contributed by atoms with Crippen LogP contribution in [0.1, 0.15) is 22.3 Å². The Balaban J connectivity index is 0.903. The van der Waals surface area contributed by atoms with Crippen molar-refractivity contribution in [2.75, 3.05) is 0 Å². The Labute approximate surface area is 350 Å². The van der Waals surface area contributed by atoms with Crippen molar-refractivity contribution in [3.05, 3.63) is 216 Å². The van der Waals surface area contributed by atoms with Crippen molar-refractivity contribution >= 4 is 40.3 Å². The number of rotatable bonds is 3. The monoisotopic (exact) mass is 778 g/mol. The molecular formula is C57H38N2Si. The summed E-state index contributed by atoms with van der Waals surface area (Å²) in [6.07, 6.45) is 0. The molecule has 0 bridgehead atoms. The highest BCUT2D eigenvalue weighted by Gasteiger charge is 2.51. The van der Waals surface area contributed by atoms with Gasteiger partial charge in [-0.15, -0.1) is 0 Å². The van der Waals surface area contributed by atoms with Crippen LogP contribution in [-0.4, -0.2) is 18.0 Å². The number of benzene rings is 8. The lowest BCUT2D eigenvalue weighted by Crippen LogP contribution is -2.49. The Hall–Kier alpha value is -7.20. The minimum absolute atomic E-state index is 0.394. The number of hydrogen-bond acceptors (Lipinski definition) is 2. The molecule has 3 heterocycles. The highest BCUT2D eigenvalue weighted by Crippen LogP contribution is 2.63. The van der Waals surface area contributed by atoms with Gasteiger partial charge in [0.2, 0.25) is 0 Å². The van der Waals surface area contributed by atoms with Crippen molar-refractivity contribution in [3.63, 3.8) is 0 Å². The van der Waals surface area contributed by atoms with Crippen LogP contribution < -0.4 is 10.4 Å². The van der Waals surface area contributed by atoms with Gasteiger partial charge in [0.1, 0.15) is 8.07 Å². The number of fused-ring (bicyclic) bond motifs is 16. The van der Waals surface area contributed by atoms with Gasteiger partial charge in [0, 0.05) is 21.9 Å². The number of nitrogens with zero attached hydrogens (tertiary/aromatic N) is 2. The third kappa shape index (κ3) is 4.47. The summed E-state index contributed by atoms with van der Waals surface area (Å²) in [7, 11) is -1.68. The summed E-state index contributed by atoms with van der Waals surface area (Å²) in [5.74, 6) is 0. The summed E-state index contributed by atoms with van der Waals surface area (Å²) in [5.41, 5.74) is 21.4. The van der Waals surface area contributed by atoms with Crippen LogP contribution in [0.4, 0.5) is 0 Å². The predicted octanol–water partition coefficient (Wildman–Crippen LogP) is 12.9. The molecule has 0 radical (unpaired) electrons. The molecule has 3 heteroatoms. The van der Waals surface area contributed by atoms with Crippen molar-refractivity contribution in [2.24, 2.45) is 0 Å². The largest absolute Gasteiger partial charge is 0.245 e. The fourth-order valence-electron chi connectivity index (χ4n) is 11.1. The highest BCUT2D eigenvalue weighted by atomic mass is 28.3. The zero-order valence-electron chi connectivity index (χ0n) is 33.4. The Morgan fingerprint density at radius 1 is 0.333 bits per heavy atom. The number of pyridine rings is 2. The Morgan fingerprint density at radius 3 is 1.40 bits per heavy atom. The molecule has 8 aromatic carbocycles. The molecule has 0 atom stereocenters. The topological polar surface area (TPSA) is 25.8 Å². The van der Waals surface area contributed by atoms with E-state index in [0.717, 1.165) is 44.3 Å². The molecule has 2 nitrogen and oxygen atoms in total. The summed E-state index contributed by atoms with van der Waals surface area (Å²) < 4.78 is 0. The Bertz CT molecular complexity index is 3410. The predicted molar refractivity (Wildman–Crippen MR) is 252 cm³/mol. The van der Waals surface area contributed by atoms with Gasteiger partial charge < -0.3 is 0 Å². The van der Waals surface area contributed by atoms with E-state index in [-0.39, 0.29) is 0 Å². The summed E-state index contributed by atoms with van der Waals surface area (Å²) in [6, 6.07) is 72.0. The SMILES string of the molecule is C[Si]1(C)c2ccccc2-c2cc(-c3ccc(-c4ccc5ccc6ccc(-c7ccc8c(c7)C7(c9ccccc9-c9ccccc97)c7ccccc7-8)nc6c5n4)cc3)ccc21. The van der Waals surface area contributed by atoms with Gasteiger partial charge in [0.15, 0.2) is 0 Å². The van der Waals surface area contributed by atoms with Gasteiger partial charge in [-0.25, -0.2) is 9.97 Å². The summed E-state index contributed by atoms with van der Waals surface area (Å²) in [4.78, 5) is 10.8. The first-order valence-corrected chi connectivity index (χ1v) is 24.0. The van der Waals surface area contributed by atoms with Crippen LogP contribution in [0.15, 0.2) is 194 Å². The van der Waals surface area contributed by atoms with E-state index in [9.17, 15) is 0 Å². The van der Waals surface area contributed by atoms with Gasteiger partial charge in [-0.2, -0.15) is 0 Å². The first-order valence-electron chi connectivity index (χ1n) is 21.0. The fourth-order valence-corrected chi connectivity index (χ4v) is 14.2. The zero-order valence-corrected chi connectivity index (χ0v) is 34.4. The smallest absolute Gasteiger partial charge is 0.113 e. The van der Waals surface area contributed by atoms with E-state index in [1.165, 1.54) is 77.1 Å². The van der Waals surface area contributed by atoms with Crippen molar-refractivity contribution in [1.82, 2.24) is 9.97 Å². The van der Waals surface area contributed by atoms with Crippen molar-refractivity contribution in [1.29, 1.82) is 0 Å². The van der Waals surface area contributed by atoms with Crippen molar-refractivity contribution < 1.29 is 0 Å². The zero-order chi connectivity index (χ0) is 39.7. The molecule has 13 rings (SSSR count). The molecule has 1 spiro atoms. The second-order valence-corrected chi connectivity index (χ2v) is 21.6. The van der Waals surface area contributed by atoms with Crippen molar-refractivity contribution in [2.45, 2.75) is 18.5 Å². The molecule has 2 aliphatic carbocycles. The molecular weight excluding hydrogens is 741 g/mol. The van der Waals surface area contributed by atoms with E-state index in [2.05, 4.69) is 207 Å². The van der Waals surface area contributed by atoms with Crippen molar-refractivity contribution in [3.8, 4) is 67.0 Å². The molecule has 280 valence electrons. The minimum Gasteiger partial charge on any atom is -0.245 e. The van der Waals surface area contributed by atoms with Crippen LogP contribution in [0.2, 0.25) is 13.1 Å². The lowest BCUT2D eigenvalue weighted by atomic mass is 9.70. The quantitative estimate of drug-likeness (QED) is 0.132. The highest BCUT2D eigenvalue weighted by molar-refractivity contribution is 7.03. The van der Waals surface area contributed by atoms with E-state index in [1.807, 2.05) is 0 Å². The van der Waals surface area contributed by atoms with Gasteiger partial charge in [0.05, 0.1) is 27.8 Å². The summed E-state index contributed by atoms with van der Waals surface area (Å²) >= 11 is 0. The van der Waals surface area contributed by atoms with Gasteiger partial charge in [-0.05, 0) is 101 Å². The maximum atomic E-state index is 5.44. The molecule has 1 aliphatic heterocycles. The second-order valence-electron chi connectivity index (χ2n) is 17.3. The standard InChI is InChI=1S/C57H38N2Si/c1-60(2)53-18-10-6-14-45(53)46-33-39(28-32-54(46)60)35-19-21-36(22-20-35)51-30-26-37-23-24-38-27-31-52(59-56(38)55(37)58-51)40-25-29-44-43-13-5-9-17-49(43)57(50(44)34-40)47-15-7-3-11-41(47)42-12-4-8-16-48(42)57/h3-34H,1-2H3. The van der Waals surface area contributed by atoms with Crippen LogP contribution in [-0.2, 0) is 5.41 Å². The molecule has 3 aliphatic rings. The Kier molecular flexibility index (Phi) is 6.84. The van der Waals surface area contributed by atoms with Crippen LogP contribution in [0.3, 0.4) is 0 Å². The van der Waals surface area contributed by atoms with E-state index >= 15 is 0 Å². The lowest BCUT2D eigenvalue weighted by molar-refractivity contribution is 0.794. The molecule has 10 aromatic rings. The summed E-state index contributed by atoms with van der Waals surface area (Å²) in [6.45, 7) is 4.94. The van der Waals surface area contributed by atoms with Gasteiger partial charge in [0.25, 0.3) is 0 Å². The summed E-state index contributed by atoms with van der Waals surface area (Å²) in [5, 5.41) is 5.24. The molecule has 0 saturated carbocycles. The molecule has 60 heavy (non-hydrogen) atoms. The molecule has 2 aromatic heterocycles. The maximum Gasteiger partial charge on any atom is 0.113 e. The molecule has 0 unspecified atom stereocenters. The van der Waals surface area contributed by atoms with Gasteiger partial charge in [-0.3, -0.25) is 0 Å². The third-order valence-electron chi connectivity index (χ3n) is 13.9. The molecule has 0 N–H and O–H groups in total. The van der Waals surface area contributed by atoms with Crippen LogP contribution in [0.5, 0.6) is 0 Å². The average Bonchev–Trinajstić information content (AvgIpc) is 3.87. The minimum atomic E-state index is -1.68. The first kappa shape index (κ1) is 33.7. The fraction of sp³-hybridized carbons (Fsp3) is 0.0526. The van der Waals surface area contributed by atoms with Crippen LogP contribution >= 0.6 is 0 Å². The van der Waals surface area contributed by atoms with Gasteiger partial charge in [-0.1, -0.05) is 183 Å². The third-order valence-corrected chi connectivity index (χ3v) is 17.5. The molecule has 0 amide bonds. The average molecular weight is 779 g/mol. The maximum absolute atomic E-state index is 5.44. The van der Waals surface area contributed by atoms with E-state index in [0.29, 0.717) is 0 Å². The second kappa shape index (κ2) is 12.2. The van der Waals surface area contributed by atoms with Crippen LogP contribution in [0, 0.1) is 0 Å². The Morgan fingerprint density at radius 2 is 0.783 bits per heavy atom. The van der Waals surface area contributed by atoms with Crippen LogP contribution in [0.25, 0.3) is 88.8 Å². The molecule has 0 fully saturated rings. The lowest BCUT2D eigenvalue weighted by Gasteiger charge is -2.30. The van der Waals surface area contributed by atoms with E-state index in [4.69, 9.17) is 9.97 Å². The van der Waals surface area contributed by atoms with E-state index in [1.54, 1.807) is 0 Å². The van der Waals surface area contributed by atoms with E-state index < -0.39 is 13.5 Å². The number of aromatic nitrogens is 2. The van der Waals surface area contributed by atoms with Gasteiger partial charge >= 0.3 is 0 Å². The normalized spacial score (nSPS) is 14.4.